The Hall–Kier alpha value is -4.27. The van der Waals surface area contributed by atoms with Crippen molar-refractivity contribution in [2.24, 2.45) is 5.10 Å². The van der Waals surface area contributed by atoms with Gasteiger partial charge < -0.3 is 10.6 Å². The van der Waals surface area contributed by atoms with Crippen molar-refractivity contribution in [3.8, 4) is 0 Å². The number of carbonyl (C=O) groups is 3. The number of rotatable bonds is 6. The smallest absolute Gasteiger partial charge is 0.271 e. The summed E-state index contributed by atoms with van der Waals surface area (Å²) in [7, 11) is 0. The van der Waals surface area contributed by atoms with Crippen LogP contribution in [0.4, 0.5) is 17.1 Å². The third kappa shape index (κ3) is 5.03. The SMILES string of the molecule is Cc1ccc(C)c(N2N=C(C(=O)Nc3cccc(NC(=O)C(C)n4cccn4)c3)CCC2=O)c1. The summed E-state index contributed by atoms with van der Waals surface area (Å²) >= 11 is 0. The van der Waals surface area contributed by atoms with Gasteiger partial charge in [-0.15, -0.1) is 0 Å². The van der Waals surface area contributed by atoms with E-state index in [9.17, 15) is 14.4 Å². The van der Waals surface area contributed by atoms with Crippen molar-refractivity contribution in [2.45, 2.75) is 39.7 Å². The molecule has 1 aliphatic heterocycles. The second kappa shape index (κ2) is 9.70. The molecule has 3 aromatic rings. The molecule has 9 heteroatoms. The standard InChI is InChI=1S/C25H26N6O3/c1-16-8-9-17(2)22(14-16)31-23(32)11-10-21(29-31)25(34)28-20-7-4-6-19(15-20)27-24(33)18(3)30-13-5-12-26-30/h4-9,12-15,18H,10-11H2,1-3H3,(H,27,33)(H,28,34). The Morgan fingerprint density at radius 3 is 2.50 bits per heavy atom. The first-order valence-corrected chi connectivity index (χ1v) is 11.0. The Kier molecular flexibility index (Phi) is 6.53. The molecule has 1 atom stereocenters. The monoisotopic (exact) mass is 458 g/mol. The minimum absolute atomic E-state index is 0.152. The van der Waals surface area contributed by atoms with E-state index < -0.39 is 11.9 Å². The van der Waals surface area contributed by atoms with Crippen LogP contribution in [0.2, 0.25) is 0 Å². The average Bonchev–Trinajstić information content (AvgIpc) is 3.36. The van der Waals surface area contributed by atoms with Crippen LogP contribution < -0.4 is 15.6 Å². The van der Waals surface area contributed by atoms with Gasteiger partial charge in [0.25, 0.3) is 5.91 Å². The Morgan fingerprint density at radius 1 is 1.00 bits per heavy atom. The van der Waals surface area contributed by atoms with E-state index in [1.165, 1.54) is 5.01 Å². The van der Waals surface area contributed by atoms with E-state index in [1.54, 1.807) is 54.3 Å². The highest BCUT2D eigenvalue weighted by Gasteiger charge is 2.26. The van der Waals surface area contributed by atoms with Crippen molar-refractivity contribution in [2.75, 3.05) is 15.6 Å². The Labute approximate surface area is 197 Å². The number of hydrogen-bond acceptors (Lipinski definition) is 5. The molecule has 34 heavy (non-hydrogen) atoms. The van der Waals surface area contributed by atoms with Gasteiger partial charge in [0.05, 0.1) is 5.69 Å². The summed E-state index contributed by atoms with van der Waals surface area (Å²) in [4.78, 5) is 38.0. The van der Waals surface area contributed by atoms with Crippen LogP contribution >= 0.6 is 0 Å². The number of aryl methyl sites for hydroxylation is 2. The van der Waals surface area contributed by atoms with Crippen LogP contribution in [0.25, 0.3) is 0 Å². The van der Waals surface area contributed by atoms with Gasteiger partial charge in [0, 0.05) is 36.6 Å². The van der Waals surface area contributed by atoms with Gasteiger partial charge in [-0.25, -0.2) is 5.01 Å². The molecule has 9 nitrogen and oxygen atoms in total. The molecule has 1 unspecified atom stereocenters. The van der Waals surface area contributed by atoms with Crippen LogP contribution in [0, 0.1) is 13.8 Å². The summed E-state index contributed by atoms with van der Waals surface area (Å²) in [6.07, 6.45) is 3.78. The summed E-state index contributed by atoms with van der Waals surface area (Å²) in [5, 5.41) is 15.4. The zero-order valence-electron chi connectivity index (χ0n) is 19.3. The zero-order valence-corrected chi connectivity index (χ0v) is 19.3. The Balaban J connectivity index is 1.47. The summed E-state index contributed by atoms with van der Waals surface area (Å²) in [5.41, 5.74) is 3.89. The largest absolute Gasteiger partial charge is 0.324 e. The molecule has 3 amide bonds. The van der Waals surface area contributed by atoms with Crippen LogP contribution in [-0.4, -0.2) is 33.2 Å². The van der Waals surface area contributed by atoms with Crippen molar-refractivity contribution in [3.05, 3.63) is 72.1 Å². The first kappa shape index (κ1) is 22.9. The lowest BCUT2D eigenvalue weighted by atomic mass is 10.1. The summed E-state index contributed by atoms with van der Waals surface area (Å²) in [5.74, 6) is -0.774. The molecule has 174 valence electrons. The highest BCUT2D eigenvalue weighted by Crippen LogP contribution is 2.26. The Bertz CT molecular complexity index is 1270. The van der Waals surface area contributed by atoms with E-state index in [4.69, 9.17) is 0 Å². The van der Waals surface area contributed by atoms with E-state index >= 15 is 0 Å². The van der Waals surface area contributed by atoms with Gasteiger partial charge in [-0.05, 0) is 62.2 Å². The third-order valence-electron chi connectivity index (χ3n) is 5.58. The van der Waals surface area contributed by atoms with E-state index in [1.807, 2.05) is 32.0 Å². The number of benzene rings is 2. The number of nitrogens with zero attached hydrogens (tertiary/aromatic N) is 4. The molecule has 0 bridgehead atoms. The molecular weight excluding hydrogens is 432 g/mol. The zero-order chi connectivity index (χ0) is 24.2. The van der Waals surface area contributed by atoms with E-state index in [0.29, 0.717) is 17.1 Å². The lowest BCUT2D eigenvalue weighted by Gasteiger charge is -2.25. The van der Waals surface area contributed by atoms with Gasteiger partial charge in [0.1, 0.15) is 11.8 Å². The lowest BCUT2D eigenvalue weighted by molar-refractivity contribution is -0.119. The molecular formula is C25H26N6O3. The van der Waals surface area contributed by atoms with Crippen LogP contribution in [0.3, 0.4) is 0 Å². The molecule has 4 rings (SSSR count). The van der Waals surface area contributed by atoms with Crippen molar-refractivity contribution >= 4 is 40.5 Å². The fraction of sp³-hybridized carbons (Fsp3) is 0.240. The van der Waals surface area contributed by atoms with Crippen molar-refractivity contribution in [1.82, 2.24) is 9.78 Å². The van der Waals surface area contributed by atoms with Gasteiger partial charge in [0.15, 0.2) is 0 Å². The van der Waals surface area contributed by atoms with Crippen molar-refractivity contribution in [1.29, 1.82) is 0 Å². The molecule has 1 aliphatic rings. The fourth-order valence-corrected chi connectivity index (χ4v) is 3.61. The molecule has 2 heterocycles. The lowest BCUT2D eigenvalue weighted by Crippen LogP contribution is -2.36. The molecule has 0 saturated carbocycles. The molecule has 0 aliphatic carbocycles. The van der Waals surface area contributed by atoms with Crippen LogP contribution in [0.15, 0.2) is 66.0 Å². The van der Waals surface area contributed by atoms with Crippen molar-refractivity contribution < 1.29 is 14.4 Å². The number of amides is 3. The molecule has 1 aromatic heterocycles. The molecule has 2 N–H and O–H groups in total. The topological polar surface area (TPSA) is 109 Å². The predicted molar refractivity (Wildman–Crippen MR) is 131 cm³/mol. The maximum atomic E-state index is 12.9. The fourth-order valence-electron chi connectivity index (χ4n) is 3.61. The number of carbonyl (C=O) groups excluding carboxylic acids is 3. The molecule has 0 saturated heterocycles. The number of aromatic nitrogens is 2. The third-order valence-corrected chi connectivity index (χ3v) is 5.58. The number of hydrazone groups is 1. The first-order chi connectivity index (χ1) is 16.3. The number of hydrogen-bond donors (Lipinski definition) is 2. The molecule has 0 radical (unpaired) electrons. The van der Waals surface area contributed by atoms with Gasteiger partial charge in [0.2, 0.25) is 11.8 Å². The van der Waals surface area contributed by atoms with E-state index in [-0.39, 0.29) is 30.4 Å². The normalized spacial score (nSPS) is 14.4. The second-order valence-corrected chi connectivity index (χ2v) is 8.23. The maximum absolute atomic E-state index is 12.9. The van der Waals surface area contributed by atoms with E-state index in [0.717, 1.165) is 11.1 Å². The predicted octanol–water partition coefficient (Wildman–Crippen LogP) is 3.82. The van der Waals surface area contributed by atoms with E-state index in [2.05, 4.69) is 20.8 Å². The summed E-state index contributed by atoms with van der Waals surface area (Å²) in [6.45, 7) is 5.59. The second-order valence-electron chi connectivity index (χ2n) is 8.23. The Morgan fingerprint density at radius 2 is 1.76 bits per heavy atom. The minimum Gasteiger partial charge on any atom is -0.324 e. The highest BCUT2D eigenvalue weighted by molar-refractivity contribution is 6.44. The van der Waals surface area contributed by atoms with Gasteiger partial charge in [-0.1, -0.05) is 18.2 Å². The summed E-state index contributed by atoms with van der Waals surface area (Å²) < 4.78 is 1.56. The van der Waals surface area contributed by atoms with Crippen LogP contribution in [0.5, 0.6) is 0 Å². The average molecular weight is 459 g/mol. The molecule has 0 fully saturated rings. The van der Waals surface area contributed by atoms with Gasteiger partial charge >= 0.3 is 0 Å². The highest BCUT2D eigenvalue weighted by atomic mass is 16.2. The molecule has 2 aromatic carbocycles. The van der Waals surface area contributed by atoms with Crippen LogP contribution in [0.1, 0.15) is 36.9 Å². The first-order valence-electron chi connectivity index (χ1n) is 11.0. The quantitative estimate of drug-likeness (QED) is 0.585. The van der Waals surface area contributed by atoms with Gasteiger partial charge in [-0.3, -0.25) is 19.1 Å². The number of anilines is 3. The molecule has 0 spiro atoms. The van der Waals surface area contributed by atoms with Gasteiger partial charge in [-0.2, -0.15) is 10.2 Å². The number of nitrogens with one attached hydrogen (secondary N) is 2. The van der Waals surface area contributed by atoms with Crippen molar-refractivity contribution in [3.63, 3.8) is 0 Å². The van der Waals surface area contributed by atoms with Crippen LogP contribution in [-0.2, 0) is 14.4 Å². The summed E-state index contributed by atoms with van der Waals surface area (Å²) in [6, 6.07) is 13.9. The minimum atomic E-state index is -0.488. The maximum Gasteiger partial charge on any atom is 0.271 e.